The Bertz CT molecular complexity index is 1330. The highest BCUT2D eigenvalue weighted by Crippen LogP contribution is 2.29. The highest BCUT2D eigenvalue weighted by molar-refractivity contribution is 7.13. The third kappa shape index (κ3) is 4.35. The molecule has 0 saturated heterocycles. The van der Waals surface area contributed by atoms with E-state index in [9.17, 15) is 4.79 Å². The normalized spacial score (nSPS) is 11.1. The third-order valence-corrected chi connectivity index (χ3v) is 6.29. The molecule has 0 spiro atoms. The van der Waals surface area contributed by atoms with Crippen molar-refractivity contribution in [1.29, 1.82) is 5.41 Å². The fourth-order valence-electron chi connectivity index (χ4n) is 3.25. The maximum Gasteiger partial charge on any atom is 0.267 e. The zero-order valence-electron chi connectivity index (χ0n) is 16.9. The van der Waals surface area contributed by atoms with Gasteiger partial charge in [0.2, 0.25) is 0 Å². The van der Waals surface area contributed by atoms with Crippen LogP contribution in [0.1, 0.15) is 18.9 Å². The van der Waals surface area contributed by atoms with Crippen molar-refractivity contribution in [1.82, 2.24) is 19.4 Å². The van der Waals surface area contributed by atoms with E-state index in [2.05, 4.69) is 4.98 Å². The molecule has 0 aliphatic rings. The lowest BCUT2D eigenvalue weighted by Gasteiger charge is -2.18. The first-order valence-electron chi connectivity index (χ1n) is 9.58. The molecule has 9 heteroatoms. The molecule has 0 saturated carbocycles. The molecule has 31 heavy (non-hydrogen) atoms. The lowest BCUT2D eigenvalue weighted by molar-refractivity contribution is 0.488. The lowest BCUT2D eigenvalue weighted by atomic mass is 10.2. The molecule has 158 valence electrons. The van der Waals surface area contributed by atoms with Gasteiger partial charge in [-0.3, -0.25) is 10.2 Å². The van der Waals surface area contributed by atoms with Crippen LogP contribution in [-0.4, -0.2) is 32.3 Å². The summed E-state index contributed by atoms with van der Waals surface area (Å²) in [4.78, 5) is 25.3. The maximum absolute atomic E-state index is 13.4. The zero-order valence-corrected chi connectivity index (χ0v) is 19.2. The summed E-state index contributed by atoms with van der Waals surface area (Å²) in [7, 11) is 1.90. The second-order valence-corrected chi connectivity index (χ2v) is 8.83. The maximum atomic E-state index is 13.4. The number of pyridine rings is 1. The van der Waals surface area contributed by atoms with Crippen molar-refractivity contribution in [2.45, 2.75) is 19.9 Å². The van der Waals surface area contributed by atoms with E-state index in [4.69, 9.17) is 33.6 Å². The van der Waals surface area contributed by atoms with Gasteiger partial charge in [0.25, 0.3) is 5.56 Å². The Balaban J connectivity index is 1.88. The van der Waals surface area contributed by atoms with E-state index in [0.717, 1.165) is 10.4 Å². The van der Waals surface area contributed by atoms with Crippen LogP contribution in [0, 0.1) is 5.41 Å². The Hall–Kier alpha value is -2.74. The predicted octanol–water partition coefficient (Wildman–Crippen LogP) is 5.64. The Morgan fingerprint density at radius 1 is 1.19 bits per heavy atom. The van der Waals surface area contributed by atoms with E-state index < -0.39 is 0 Å². The first-order valence-corrected chi connectivity index (χ1v) is 11.2. The summed E-state index contributed by atoms with van der Waals surface area (Å²) < 4.78 is 1.49. The number of hydrogen-bond donors (Lipinski definition) is 1. The van der Waals surface area contributed by atoms with Gasteiger partial charge in [0.1, 0.15) is 5.82 Å². The minimum atomic E-state index is -0.253. The number of fused-ring (bicyclic) bond motifs is 1. The molecule has 1 N–H and O–H groups in total. The van der Waals surface area contributed by atoms with Crippen molar-refractivity contribution < 1.29 is 0 Å². The van der Waals surface area contributed by atoms with E-state index in [1.165, 1.54) is 22.1 Å². The van der Waals surface area contributed by atoms with Crippen molar-refractivity contribution in [2.75, 3.05) is 7.05 Å². The molecule has 0 amide bonds. The van der Waals surface area contributed by atoms with Crippen LogP contribution in [0.4, 0.5) is 0 Å². The van der Waals surface area contributed by atoms with Crippen LogP contribution < -0.4 is 5.56 Å². The first-order chi connectivity index (χ1) is 14.9. The number of halogens is 2. The summed E-state index contributed by atoms with van der Waals surface area (Å²) in [5.74, 6) is 1.49. The molecule has 0 atom stereocenters. The van der Waals surface area contributed by atoms with Crippen molar-refractivity contribution >= 4 is 51.3 Å². The standard InChI is InChI=1S/C22H19Cl2N5OS/c1-3-19(25)28(2)11-13-8-18(31-12-13)21-27-17-6-4-14(23)9-16(17)22(30)29(21)20-7-5-15(24)10-26-20/h4-10,12,25H,3,11H2,1-2H3. The topological polar surface area (TPSA) is 74.9 Å². The van der Waals surface area contributed by atoms with E-state index in [-0.39, 0.29) is 5.56 Å². The Kier molecular flexibility index (Phi) is 6.09. The first kappa shape index (κ1) is 21.5. The molecule has 0 radical (unpaired) electrons. The van der Waals surface area contributed by atoms with Gasteiger partial charge in [-0.15, -0.1) is 11.3 Å². The molecule has 3 aromatic heterocycles. The molecular weight excluding hydrogens is 453 g/mol. The molecule has 0 aliphatic heterocycles. The number of benzene rings is 1. The molecule has 0 aliphatic carbocycles. The monoisotopic (exact) mass is 471 g/mol. The quantitative estimate of drug-likeness (QED) is 0.302. The smallest absolute Gasteiger partial charge is 0.267 e. The van der Waals surface area contributed by atoms with Crippen LogP contribution in [0.15, 0.2) is 52.8 Å². The second kappa shape index (κ2) is 8.78. The number of amidine groups is 1. The minimum absolute atomic E-state index is 0.253. The molecule has 4 aromatic rings. The largest absolute Gasteiger partial charge is 0.359 e. The van der Waals surface area contributed by atoms with Crippen LogP contribution in [0.2, 0.25) is 10.0 Å². The number of rotatable bonds is 5. The number of thiophene rings is 1. The van der Waals surface area contributed by atoms with Gasteiger partial charge in [0, 0.05) is 31.2 Å². The zero-order chi connectivity index (χ0) is 22.1. The Morgan fingerprint density at radius 3 is 2.68 bits per heavy atom. The van der Waals surface area contributed by atoms with Gasteiger partial charge >= 0.3 is 0 Å². The minimum Gasteiger partial charge on any atom is -0.359 e. The Labute approximate surface area is 193 Å². The highest BCUT2D eigenvalue weighted by atomic mass is 35.5. The average Bonchev–Trinajstić information content (AvgIpc) is 3.22. The van der Waals surface area contributed by atoms with E-state index in [0.29, 0.717) is 51.4 Å². The average molecular weight is 472 g/mol. The molecule has 4 rings (SSSR count). The van der Waals surface area contributed by atoms with Gasteiger partial charge in [-0.1, -0.05) is 30.1 Å². The Morgan fingerprint density at radius 2 is 1.97 bits per heavy atom. The van der Waals surface area contributed by atoms with Gasteiger partial charge in [0.15, 0.2) is 5.82 Å². The molecule has 0 bridgehead atoms. The van der Waals surface area contributed by atoms with E-state index >= 15 is 0 Å². The SMILES string of the molecule is CCC(=N)N(C)Cc1csc(-c2nc3ccc(Cl)cc3c(=O)n2-c2ccc(Cl)cn2)c1. The van der Waals surface area contributed by atoms with Crippen LogP contribution >= 0.6 is 34.5 Å². The fraction of sp³-hybridized carbons (Fsp3) is 0.182. The molecule has 0 fully saturated rings. The third-order valence-electron chi connectivity index (χ3n) is 4.86. The van der Waals surface area contributed by atoms with Crippen molar-refractivity contribution in [3.05, 3.63) is 73.9 Å². The van der Waals surface area contributed by atoms with Crippen LogP contribution in [0.25, 0.3) is 27.4 Å². The molecule has 3 heterocycles. The van der Waals surface area contributed by atoms with Crippen LogP contribution in [0.3, 0.4) is 0 Å². The van der Waals surface area contributed by atoms with Crippen molar-refractivity contribution in [3.63, 3.8) is 0 Å². The molecular formula is C22H19Cl2N5OS. The number of nitrogens with one attached hydrogen (secondary N) is 1. The van der Waals surface area contributed by atoms with Gasteiger partial charge in [-0.2, -0.15) is 0 Å². The van der Waals surface area contributed by atoms with Crippen molar-refractivity contribution in [3.8, 4) is 16.5 Å². The van der Waals surface area contributed by atoms with Crippen LogP contribution in [0.5, 0.6) is 0 Å². The van der Waals surface area contributed by atoms with Crippen LogP contribution in [-0.2, 0) is 6.54 Å². The lowest BCUT2D eigenvalue weighted by Crippen LogP contribution is -2.24. The molecule has 1 aromatic carbocycles. The number of hydrogen-bond acceptors (Lipinski definition) is 5. The number of nitrogens with zero attached hydrogens (tertiary/aromatic N) is 4. The number of aromatic nitrogens is 3. The summed E-state index contributed by atoms with van der Waals surface area (Å²) in [6.45, 7) is 2.57. The summed E-state index contributed by atoms with van der Waals surface area (Å²) in [5, 5.41) is 11.4. The van der Waals surface area contributed by atoms with Gasteiger partial charge < -0.3 is 4.90 Å². The highest BCUT2D eigenvalue weighted by Gasteiger charge is 2.18. The predicted molar refractivity (Wildman–Crippen MR) is 128 cm³/mol. The summed E-state index contributed by atoms with van der Waals surface area (Å²) in [6.07, 6.45) is 2.17. The van der Waals surface area contributed by atoms with Gasteiger partial charge in [0.05, 0.1) is 26.6 Å². The summed E-state index contributed by atoms with van der Waals surface area (Å²) >= 11 is 13.6. The van der Waals surface area contributed by atoms with Gasteiger partial charge in [-0.05, 0) is 47.3 Å². The summed E-state index contributed by atoms with van der Waals surface area (Å²) in [6, 6.07) is 10.5. The fourth-order valence-corrected chi connectivity index (χ4v) is 4.42. The second-order valence-electron chi connectivity index (χ2n) is 7.05. The summed E-state index contributed by atoms with van der Waals surface area (Å²) in [5.41, 5.74) is 1.35. The van der Waals surface area contributed by atoms with Gasteiger partial charge in [-0.25, -0.2) is 14.5 Å². The van der Waals surface area contributed by atoms with Crippen molar-refractivity contribution in [2.24, 2.45) is 0 Å². The van der Waals surface area contributed by atoms with E-state index in [1.807, 2.05) is 30.3 Å². The van der Waals surface area contributed by atoms with E-state index in [1.54, 1.807) is 30.3 Å². The molecule has 0 unspecified atom stereocenters. The molecule has 6 nitrogen and oxygen atoms in total.